The summed E-state index contributed by atoms with van der Waals surface area (Å²) < 4.78 is 16.5. The Kier molecular flexibility index (Phi) is 8.37. The van der Waals surface area contributed by atoms with Crippen LogP contribution < -0.4 is 10.1 Å². The van der Waals surface area contributed by atoms with Crippen LogP contribution in [0, 0.1) is 0 Å². The van der Waals surface area contributed by atoms with Crippen molar-refractivity contribution in [1.29, 1.82) is 0 Å². The molecule has 1 spiro atoms. The van der Waals surface area contributed by atoms with Crippen molar-refractivity contribution in [3.05, 3.63) is 29.8 Å². The highest BCUT2D eigenvalue weighted by Crippen LogP contribution is 2.31. The standard InChI is InChI=1S/C17H24N2O4.C2H2O4/c1-21-15-4-2-14(3-5-15)12-18-13-16(20)19-8-6-17(7-9-19)22-10-11-23-17;3-1(4)2(5)6/h2-5,18H,6-13H2,1H3;(H,3,4)(H,5,6). The van der Waals surface area contributed by atoms with Crippen LogP contribution in [0.1, 0.15) is 18.4 Å². The van der Waals surface area contributed by atoms with Crippen molar-refractivity contribution in [3.63, 3.8) is 0 Å². The lowest BCUT2D eigenvalue weighted by Gasteiger charge is -2.37. The van der Waals surface area contributed by atoms with Gasteiger partial charge in [0.1, 0.15) is 5.75 Å². The van der Waals surface area contributed by atoms with E-state index in [2.05, 4.69) is 5.32 Å². The predicted octanol–water partition coefficient (Wildman–Crippen LogP) is 0.306. The molecule has 0 aliphatic carbocycles. The number of nitrogens with one attached hydrogen (secondary N) is 1. The summed E-state index contributed by atoms with van der Waals surface area (Å²) in [4.78, 5) is 32.3. The largest absolute Gasteiger partial charge is 0.497 e. The van der Waals surface area contributed by atoms with Gasteiger partial charge in [-0.1, -0.05) is 12.1 Å². The molecule has 3 rings (SSSR count). The van der Waals surface area contributed by atoms with Crippen molar-refractivity contribution in [1.82, 2.24) is 10.2 Å². The molecule has 0 unspecified atom stereocenters. The average molecular weight is 410 g/mol. The number of hydrogen-bond donors (Lipinski definition) is 3. The second kappa shape index (κ2) is 10.7. The minimum Gasteiger partial charge on any atom is -0.497 e. The fourth-order valence-corrected chi connectivity index (χ4v) is 3.05. The molecule has 10 heteroatoms. The molecular weight excluding hydrogens is 384 g/mol. The Morgan fingerprint density at radius 1 is 1.07 bits per heavy atom. The predicted molar refractivity (Wildman–Crippen MR) is 100 cm³/mol. The molecule has 1 aromatic carbocycles. The number of carboxylic acids is 2. The number of amides is 1. The number of aliphatic carboxylic acids is 2. The number of carbonyl (C=O) groups excluding carboxylic acids is 1. The monoisotopic (exact) mass is 410 g/mol. The van der Waals surface area contributed by atoms with E-state index in [4.69, 9.17) is 34.0 Å². The van der Waals surface area contributed by atoms with Crippen molar-refractivity contribution in [2.45, 2.75) is 25.2 Å². The van der Waals surface area contributed by atoms with Crippen LogP contribution in [0.4, 0.5) is 0 Å². The fourth-order valence-electron chi connectivity index (χ4n) is 3.05. The summed E-state index contributed by atoms with van der Waals surface area (Å²) in [5.41, 5.74) is 1.13. The number of hydrogen-bond acceptors (Lipinski definition) is 7. The first-order chi connectivity index (χ1) is 13.8. The van der Waals surface area contributed by atoms with Crippen LogP contribution in [0.3, 0.4) is 0 Å². The molecule has 3 N–H and O–H groups in total. The topological polar surface area (TPSA) is 135 Å². The highest BCUT2D eigenvalue weighted by atomic mass is 16.7. The van der Waals surface area contributed by atoms with Gasteiger partial charge in [-0.15, -0.1) is 0 Å². The van der Waals surface area contributed by atoms with Gasteiger partial charge < -0.3 is 34.6 Å². The lowest BCUT2D eigenvalue weighted by Crippen LogP contribution is -2.49. The van der Waals surface area contributed by atoms with Crippen LogP contribution in [0.15, 0.2) is 24.3 Å². The molecule has 10 nitrogen and oxygen atoms in total. The molecule has 29 heavy (non-hydrogen) atoms. The van der Waals surface area contributed by atoms with Crippen molar-refractivity contribution in [2.75, 3.05) is 40.0 Å². The maximum absolute atomic E-state index is 12.3. The average Bonchev–Trinajstić information content (AvgIpc) is 3.17. The van der Waals surface area contributed by atoms with E-state index >= 15 is 0 Å². The van der Waals surface area contributed by atoms with Crippen LogP contribution >= 0.6 is 0 Å². The van der Waals surface area contributed by atoms with Crippen molar-refractivity contribution < 1.29 is 38.8 Å². The molecule has 2 heterocycles. The third-order valence-corrected chi connectivity index (χ3v) is 4.64. The molecule has 1 amide bonds. The first-order valence-corrected chi connectivity index (χ1v) is 9.21. The number of likely N-dealkylation sites (tertiary alicyclic amines) is 1. The number of carboxylic acid groups (broad SMARTS) is 2. The first kappa shape index (κ1) is 22.6. The maximum atomic E-state index is 12.3. The van der Waals surface area contributed by atoms with Gasteiger partial charge in [-0.05, 0) is 17.7 Å². The molecule has 0 atom stereocenters. The van der Waals surface area contributed by atoms with Gasteiger partial charge in [-0.3, -0.25) is 4.79 Å². The Morgan fingerprint density at radius 3 is 2.10 bits per heavy atom. The van der Waals surface area contributed by atoms with E-state index < -0.39 is 17.7 Å². The molecule has 2 saturated heterocycles. The smallest absolute Gasteiger partial charge is 0.414 e. The second-order valence-corrected chi connectivity index (χ2v) is 6.55. The molecule has 2 aliphatic heterocycles. The first-order valence-electron chi connectivity index (χ1n) is 9.21. The summed E-state index contributed by atoms with van der Waals surface area (Å²) in [6, 6.07) is 7.83. The van der Waals surface area contributed by atoms with Crippen molar-refractivity contribution in [2.24, 2.45) is 0 Å². The number of ether oxygens (including phenoxy) is 3. The van der Waals surface area contributed by atoms with Gasteiger partial charge in [0.2, 0.25) is 5.91 Å². The van der Waals surface area contributed by atoms with Gasteiger partial charge in [0.05, 0.1) is 26.9 Å². The molecule has 2 aliphatic rings. The lowest BCUT2D eigenvalue weighted by atomic mass is 10.0. The van der Waals surface area contributed by atoms with Crippen LogP contribution in [-0.2, 0) is 30.4 Å². The number of nitrogens with zero attached hydrogens (tertiary/aromatic N) is 1. The Morgan fingerprint density at radius 2 is 1.62 bits per heavy atom. The zero-order valence-electron chi connectivity index (χ0n) is 16.3. The van der Waals surface area contributed by atoms with Gasteiger partial charge in [0, 0.05) is 32.5 Å². The SMILES string of the molecule is COc1ccc(CNCC(=O)N2CCC3(CC2)OCCO3)cc1.O=C(O)C(=O)O. The van der Waals surface area contributed by atoms with E-state index in [-0.39, 0.29) is 5.91 Å². The number of methoxy groups -OCH3 is 1. The van der Waals surface area contributed by atoms with Gasteiger partial charge in [-0.25, -0.2) is 9.59 Å². The number of piperidine rings is 1. The van der Waals surface area contributed by atoms with Gasteiger partial charge in [0.15, 0.2) is 5.79 Å². The van der Waals surface area contributed by atoms with Gasteiger partial charge in [-0.2, -0.15) is 0 Å². The molecule has 2 fully saturated rings. The lowest BCUT2D eigenvalue weighted by molar-refractivity contribution is -0.187. The highest BCUT2D eigenvalue weighted by Gasteiger charge is 2.40. The summed E-state index contributed by atoms with van der Waals surface area (Å²) >= 11 is 0. The molecule has 160 valence electrons. The Bertz CT molecular complexity index is 679. The molecular formula is C19H26N2O8. The van der Waals surface area contributed by atoms with Gasteiger partial charge >= 0.3 is 11.9 Å². The summed E-state index contributed by atoms with van der Waals surface area (Å²) in [6.45, 7) is 3.74. The van der Waals surface area contributed by atoms with E-state index in [1.807, 2.05) is 29.2 Å². The van der Waals surface area contributed by atoms with Crippen LogP contribution in [0.5, 0.6) is 5.75 Å². The zero-order chi connectivity index (χ0) is 21.3. The van der Waals surface area contributed by atoms with E-state index in [1.165, 1.54) is 0 Å². The Labute approximate surface area is 168 Å². The minimum absolute atomic E-state index is 0.131. The second-order valence-electron chi connectivity index (χ2n) is 6.55. The van der Waals surface area contributed by atoms with Gasteiger partial charge in [0.25, 0.3) is 0 Å². The third-order valence-electron chi connectivity index (χ3n) is 4.64. The molecule has 1 aromatic rings. The molecule has 0 radical (unpaired) electrons. The quantitative estimate of drug-likeness (QED) is 0.586. The van der Waals surface area contributed by atoms with E-state index in [1.54, 1.807) is 7.11 Å². The van der Waals surface area contributed by atoms with E-state index in [9.17, 15) is 4.79 Å². The molecule has 0 aromatic heterocycles. The Balaban J connectivity index is 0.000000438. The molecule has 0 bridgehead atoms. The highest BCUT2D eigenvalue weighted by molar-refractivity contribution is 6.27. The fraction of sp³-hybridized carbons (Fsp3) is 0.526. The van der Waals surface area contributed by atoms with Crippen LogP contribution in [-0.4, -0.2) is 78.7 Å². The van der Waals surface area contributed by atoms with Crippen LogP contribution in [0.2, 0.25) is 0 Å². The molecule has 0 saturated carbocycles. The Hall–Kier alpha value is -2.69. The summed E-state index contributed by atoms with van der Waals surface area (Å²) in [7, 11) is 1.65. The van der Waals surface area contributed by atoms with Crippen molar-refractivity contribution in [3.8, 4) is 5.75 Å². The van der Waals surface area contributed by atoms with E-state index in [0.717, 1.165) is 24.2 Å². The maximum Gasteiger partial charge on any atom is 0.414 e. The third kappa shape index (κ3) is 7.00. The summed E-state index contributed by atoms with van der Waals surface area (Å²) in [5, 5.41) is 18.0. The number of rotatable bonds is 5. The van der Waals surface area contributed by atoms with E-state index in [0.29, 0.717) is 39.4 Å². The van der Waals surface area contributed by atoms with Crippen molar-refractivity contribution >= 4 is 17.8 Å². The van der Waals surface area contributed by atoms with Crippen LogP contribution in [0.25, 0.3) is 0 Å². The minimum atomic E-state index is -1.82. The summed E-state index contributed by atoms with van der Waals surface area (Å²) in [5.74, 6) is -3.10. The zero-order valence-corrected chi connectivity index (χ0v) is 16.3. The number of benzene rings is 1. The summed E-state index contributed by atoms with van der Waals surface area (Å²) in [6.07, 6.45) is 1.52. The number of carbonyl (C=O) groups is 3. The normalized spacial score (nSPS) is 17.3.